The van der Waals surface area contributed by atoms with E-state index in [0.29, 0.717) is 16.9 Å². The summed E-state index contributed by atoms with van der Waals surface area (Å²) < 4.78 is 0. The van der Waals surface area contributed by atoms with Crippen LogP contribution in [0.25, 0.3) is 0 Å². The maximum atomic E-state index is 11.2. The van der Waals surface area contributed by atoms with Gasteiger partial charge in [-0.05, 0) is 6.42 Å². The van der Waals surface area contributed by atoms with Gasteiger partial charge in [0.05, 0.1) is 5.56 Å². The molecule has 2 heterocycles. The number of nitrogens with one attached hydrogen (secondary N) is 1. The first-order chi connectivity index (χ1) is 6.20. The van der Waals surface area contributed by atoms with Gasteiger partial charge in [0, 0.05) is 22.4 Å². The van der Waals surface area contributed by atoms with Gasteiger partial charge in [0.25, 0.3) is 5.56 Å². The van der Waals surface area contributed by atoms with E-state index in [4.69, 9.17) is 5.11 Å². The third kappa shape index (κ3) is 1.25. The van der Waals surface area contributed by atoms with Crippen LogP contribution >= 0.6 is 11.8 Å². The number of thioether (sulfide) groups is 1. The van der Waals surface area contributed by atoms with E-state index >= 15 is 0 Å². The number of hydrogen-bond acceptors (Lipinski definition) is 3. The van der Waals surface area contributed by atoms with Gasteiger partial charge in [-0.25, -0.2) is 4.79 Å². The molecule has 1 aliphatic heterocycles. The molecule has 0 unspecified atom stereocenters. The first-order valence-corrected chi connectivity index (χ1v) is 4.79. The van der Waals surface area contributed by atoms with E-state index in [1.165, 1.54) is 18.0 Å². The number of fused-ring (bicyclic) bond motifs is 1. The first-order valence-electron chi connectivity index (χ1n) is 3.81. The molecule has 0 aromatic carbocycles. The second kappa shape index (κ2) is 2.92. The van der Waals surface area contributed by atoms with E-state index in [1.807, 2.05) is 0 Å². The van der Waals surface area contributed by atoms with Crippen LogP contribution in [0.15, 0.2) is 15.9 Å². The van der Waals surface area contributed by atoms with Crippen LogP contribution in [0.1, 0.15) is 15.9 Å². The lowest BCUT2D eigenvalue weighted by molar-refractivity contribution is 0.0692. The molecule has 0 saturated carbocycles. The Bertz CT molecular complexity index is 424. The van der Waals surface area contributed by atoms with Crippen LogP contribution in [-0.2, 0) is 6.42 Å². The highest BCUT2D eigenvalue weighted by atomic mass is 32.2. The van der Waals surface area contributed by atoms with Crippen molar-refractivity contribution in [3.8, 4) is 0 Å². The summed E-state index contributed by atoms with van der Waals surface area (Å²) >= 11 is 1.44. The van der Waals surface area contributed by atoms with Gasteiger partial charge < -0.3 is 10.1 Å². The molecule has 68 valence electrons. The number of hydrogen-bond donors (Lipinski definition) is 2. The van der Waals surface area contributed by atoms with Crippen molar-refractivity contribution < 1.29 is 9.90 Å². The summed E-state index contributed by atoms with van der Waals surface area (Å²) in [5.41, 5.74) is 0.659. The summed E-state index contributed by atoms with van der Waals surface area (Å²) in [5, 5.41) is 8.80. The Labute approximate surface area is 78.0 Å². The number of pyridine rings is 1. The van der Waals surface area contributed by atoms with Crippen molar-refractivity contribution in [2.24, 2.45) is 0 Å². The van der Waals surface area contributed by atoms with Gasteiger partial charge in [0.15, 0.2) is 0 Å². The minimum absolute atomic E-state index is 0.162. The molecule has 0 spiro atoms. The van der Waals surface area contributed by atoms with Crippen LogP contribution in [0.4, 0.5) is 0 Å². The molecule has 2 rings (SSSR count). The van der Waals surface area contributed by atoms with Crippen LogP contribution < -0.4 is 5.56 Å². The summed E-state index contributed by atoms with van der Waals surface area (Å²) in [6.07, 6.45) is 1.93. The molecular weight excluding hydrogens is 190 g/mol. The average Bonchev–Trinajstić information content (AvgIpc) is 2.53. The largest absolute Gasteiger partial charge is 0.478 e. The van der Waals surface area contributed by atoms with Crippen LogP contribution in [0.2, 0.25) is 0 Å². The van der Waals surface area contributed by atoms with Crippen LogP contribution in [-0.4, -0.2) is 21.8 Å². The Kier molecular flexibility index (Phi) is 1.88. The molecule has 0 bridgehead atoms. The molecule has 0 atom stereocenters. The Morgan fingerprint density at radius 1 is 1.62 bits per heavy atom. The standard InChI is InChI=1S/C8H7NO3S/c10-7-4-1-2-13-6(4)5(3-9-7)8(11)12/h3H,1-2H2,(H,9,10)(H,11,12). The maximum Gasteiger partial charge on any atom is 0.338 e. The lowest BCUT2D eigenvalue weighted by Gasteiger charge is -2.00. The summed E-state index contributed by atoms with van der Waals surface area (Å²) in [6, 6.07) is 0. The molecule has 0 saturated heterocycles. The number of carboxylic acids is 1. The average molecular weight is 197 g/mol. The molecule has 1 aliphatic rings. The molecule has 2 N–H and O–H groups in total. The van der Waals surface area contributed by atoms with E-state index in [9.17, 15) is 9.59 Å². The normalized spacial score (nSPS) is 14.2. The zero-order valence-electron chi connectivity index (χ0n) is 6.66. The number of aromatic amines is 1. The SMILES string of the molecule is O=C(O)c1c[nH]c(=O)c2c1SCC2. The number of carboxylic acid groups (broad SMARTS) is 1. The molecule has 0 amide bonds. The number of aromatic carboxylic acids is 1. The monoisotopic (exact) mass is 197 g/mol. The van der Waals surface area contributed by atoms with Gasteiger partial charge in [-0.1, -0.05) is 0 Å². The molecule has 1 aromatic rings. The van der Waals surface area contributed by atoms with Crippen molar-refractivity contribution in [3.05, 3.63) is 27.7 Å². The van der Waals surface area contributed by atoms with Gasteiger partial charge in [0.2, 0.25) is 0 Å². The predicted molar refractivity (Wildman–Crippen MR) is 48.5 cm³/mol. The van der Waals surface area contributed by atoms with E-state index in [1.54, 1.807) is 0 Å². The molecule has 5 heteroatoms. The Balaban J connectivity index is 2.69. The van der Waals surface area contributed by atoms with Crippen molar-refractivity contribution in [3.63, 3.8) is 0 Å². The number of H-pyrrole nitrogens is 1. The van der Waals surface area contributed by atoms with Crippen LogP contribution in [0, 0.1) is 0 Å². The quantitative estimate of drug-likeness (QED) is 0.696. The van der Waals surface area contributed by atoms with E-state index in [-0.39, 0.29) is 11.1 Å². The number of carbonyl (C=O) groups is 1. The molecular formula is C8H7NO3S. The lowest BCUT2D eigenvalue weighted by atomic mass is 10.1. The predicted octanol–water partition coefficient (Wildman–Crippen LogP) is 0.721. The van der Waals surface area contributed by atoms with E-state index in [2.05, 4.69) is 4.98 Å². The summed E-state index contributed by atoms with van der Waals surface area (Å²) in [4.78, 5) is 25.0. The molecule has 0 aliphatic carbocycles. The van der Waals surface area contributed by atoms with Crippen molar-refractivity contribution >= 4 is 17.7 Å². The highest BCUT2D eigenvalue weighted by Gasteiger charge is 2.21. The van der Waals surface area contributed by atoms with Crippen molar-refractivity contribution in [2.45, 2.75) is 11.3 Å². The van der Waals surface area contributed by atoms with Crippen molar-refractivity contribution in [2.75, 3.05) is 5.75 Å². The Morgan fingerprint density at radius 2 is 2.38 bits per heavy atom. The summed E-state index contributed by atoms with van der Waals surface area (Å²) in [6.45, 7) is 0. The second-order valence-corrected chi connectivity index (χ2v) is 3.85. The van der Waals surface area contributed by atoms with Crippen molar-refractivity contribution in [1.29, 1.82) is 0 Å². The van der Waals surface area contributed by atoms with Gasteiger partial charge in [-0.15, -0.1) is 11.8 Å². The van der Waals surface area contributed by atoms with Gasteiger partial charge >= 0.3 is 5.97 Å². The molecule has 13 heavy (non-hydrogen) atoms. The van der Waals surface area contributed by atoms with Crippen LogP contribution in [0.3, 0.4) is 0 Å². The minimum atomic E-state index is -0.984. The Hall–Kier alpha value is -1.23. The maximum absolute atomic E-state index is 11.2. The third-order valence-electron chi connectivity index (χ3n) is 1.97. The lowest BCUT2D eigenvalue weighted by Crippen LogP contribution is -2.14. The van der Waals surface area contributed by atoms with E-state index < -0.39 is 5.97 Å². The zero-order valence-corrected chi connectivity index (χ0v) is 7.48. The van der Waals surface area contributed by atoms with Gasteiger partial charge in [-0.3, -0.25) is 4.79 Å². The fourth-order valence-corrected chi connectivity index (χ4v) is 2.54. The Morgan fingerprint density at radius 3 is 3.08 bits per heavy atom. The topological polar surface area (TPSA) is 70.2 Å². The zero-order chi connectivity index (χ0) is 9.42. The molecule has 1 aromatic heterocycles. The third-order valence-corrected chi connectivity index (χ3v) is 3.13. The highest BCUT2D eigenvalue weighted by Crippen LogP contribution is 2.31. The molecule has 0 fully saturated rings. The fraction of sp³-hybridized carbons (Fsp3) is 0.250. The van der Waals surface area contributed by atoms with Crippen LogP contribution in [0.5, 0.6) is 0 Å². The van der Waals surface area contributed by atoms with Gasteiger partial charge in [-0.2, -0.15) is 0 Å². The fourth-order valence-electron chi connectivity index (χ4n) is 1.36. The summed E-state index contributed by atoms with van der Waals surface area (Å²) in [7, 11) is 0. The number of rotatable bonds is 1. The first kappa shape index (κ1) is 8.37. The smallest absolute Gasteiger partial charge is 0.338 e. The minimum Gasteiger partial charge on any atom is -0.478 e. The molecule has 0 radical (unpaired) electrons. The second-order valence-electron chi connectivity index (χ2n) is 2.74. The van der Waals surface area contributed by atoms with E-state index in [0.717, 1.165) is 5.75 Å². The van der Waals surface area contributed by atoms with Crippen molar-refractivity contribution in [1.82, 2.24) is 4.98 Å². The van der Waals surface area contributed by atoms with Gasteiger partial charge in [0.1, 0.15) is 0 Å². The molecule has 4 nitrogen and oxygen atoms in total. The number of aromatic nitrogens is 1. The highest BCUT2D eigenvalue weighted by molar-refractivity contribution is 7.99. The summed E-state index contributed by atoms with van der Waals surface area (Å²) in [5.74, 6) is -0.190.